The number of rotatable bonds is 2. The van der Waals surface area contributed by atoms with Gasteiger partial charge in [-0.1, -0.05) is 27.2 Å². The SMILES string of the molecule is CC1CCN(CC2CCCC(C)(C)C2O)CC1O. The summed E-state index contributed by atoms with van der Waals surface area (Å²) in [5, 5.41) is 20.4. The zero-order chi connectivity index (χ0) is 13.3. The van der Waals surface area contributed by atoms with E-state index in [9.17, 15) is 10.2 Å². The van der Waals surface area contributed by atoms with Gasteiger partial charge in [0.15, 0.2) is 0 Å². The summed E-state index contributed by atoms with van der Waals surface area (Å²) in [5.74, 6) is 0.809. The molecule has 1 aliphatic carbocycles. The number of aliphatic hydroxyl groups excluding tert-OH is 2. The van der Waals surface area contributed by atoms with Crippen molar-refractivity contribution in [2.24, 2.45) is 17.3 Å². The van der Waals surface area contributed by atoms with Crippen LogP contribution in [0.5, 0.6) is 0 Å². The fourth-order valence-electron chi connectivity index (χ4n) is 3.57. The Kier molecular flexibility index (Phi) is 4.35. The van der Waals surface area contributed by atoms with E-state index in [1.807, 2.05) is 0 Å². The molecule has 2 fully saturated rings. The Morgan fingerprint density at radius 1 is 1.22 bits per heavy atom. The summed E-state index contributed by atoms with van der Waals surface area (Å²) in [5.41, 5.74) is 0.0601. The van der Waals surface area contributed by atoms with E-state index in [4.69, 9.17) is 0 Å². The maximum Gasteiger partial charge on any atom is 0.0693 e. The summed E-state index contributed by atoms with van der Waals surface area (Å²) >= 11 is 0. The maximum absolute atomic E-state index is 10.5. The molecule has 2 rings (SSSR count). The largest absolute Gasteiger partial charge is 0.392 e. The van der Waals surface area contributed by atoms with Crippen molar-refractivity contribution < 1.29 is 10.2 Å². The molecule has 3 heteroatoms. The van der Waals surface area contributed by atoms with Crippen LogP contribution < -0.4 is 0 Å². The minimum absolute atomic E-state index is 0.0601. The Balaban J connectivity index is 1.89. The van der Waals surface area contributed by atoms with Gasteiger partial charge in [0, 0.05) is 13.1 Å². The molecule has 0 bridgehead atoms. The van der Waals surface area contributed by atoms with Gasteiger partial charge in [0.05, 0.1) is 12.2 Å². The van der Waals surface area contributed by atoms with Gasteiger partial charge in [-0.25, -0.2) is 0 Å². The van der Waals surface area contributed by atoms with Crippen LogP contribution in [-0.4, -0.2) is 47.0 Å². The highest BCUT2D eigenvalue weighted by atomic mass is 16.3. The standard InChI is InChI=1S/C15H29NO2/c1-11-6-8-16(10-13(11)17)9-12-5-4-7-15(2,3)14(12)18/h11-14,17-18H,4-10H2,1-3H3. The first-order valence-corrected chi connectivity index (χ1v) is 7.48. The number of aliphatic hydroxyl groups is 2. The molecule has 106 valence electrons. The first-order chi connectivity index (χ1) is 8.40. The lowest BCUT2D eigenvalue weighted by Crippen LogP contribution is -2.49. The molecule has 0 aromatic carbocycles. The summed E-state index contributed by atoms with van der Waals surface area (Å²) in [6.07, 6.45) is 4.18. The Bertz CT molecular complexity index is 280. The second kappa shape index (κ2) is 5.48. The molecule has 2 aliphatic rings. The molecule has 3 nitrogen and oxygen atoms in total. The van der Waals surface area contributed by atoms with E-state index < -0.39 is 0 Å². The Morgan fingerprint density at radius 3 is 2.61 bits per heavy atom. The molecule has 1 saturated heterocycles. The molecule has 0 spiro atoms. The van der Waals surface area contributed by atoms with Crippen LogP contribution in [0, 0.1) is 17.3 Å². The number of nitrogens with zero attached hydrogens (tertiary/aromatic N) is 1. The lowest BCUT2D eigenvalue weighted by atomic mass is 9.69. The molecule has 1 heterocycles. The molecule has 4 unspecified atom stereocenters. The molecule has 1 aliphatic heterocycles. The molecular weight excluding hydrogens is 226 g/mol. The van der Waals surface area contributed by atoms with Gasteiger partial charge in [-0.05, 0) is 43.1 Å². The topological polar surface area (TPSA) is 43.7 Å². The van der Waals surface area contributed by atoms with Crippen LogP contribution in [0.1, 0.15) is 46.5 Å². The Morgan fingerprint density at radius 2 is 1.94 bits per heavy atom. The Hall–Kier alpha value is -0.120. The van der Waals surface area contributed by atoms with Crippen LogP contribution >= 0.6 is 0 Å². The third-order valence-electron chi connectivity index (χ3n) is 5.14. The average molecular weight is 255 g/mol. The number of hydrogen-bond donors (Lipinski definition) is 2. The van der Waals surface area contributed by atoms with E-state index in [2.05, 4.69) is 25.7 Å². The molecule has 4 atom stereocenters. The van der Waals surface area contributed by atoms with Crippen molar-refractivity contribution in [2.75, 3.05) is 19.6 Å². The number of β-amino-alcohol motifs (C(OH)–C–C–N with tert-alkyl or cyclic N) is 1. The normalized spacial score (nSPS) is 41.8. The summed E-state index contributed by atoms with van der Waals surface area (Å²) in [7, 11) is 0. The number of piperidine rings is 1. The van der Waals surface area contributed by atoms with Gasteiger partial charge in [-0.3, -0.25) is 0 Å². The van der Waals surface area contributed by atoms with Crippen molar-refractivity contribution >= 4 is 0 Å². The maximum atomic E-state index is 10.5. The molecule has 1 saturated carbocycles. The highest BCUT2D eigenvalue weighted by molar-refractivity contribution is 4.90. The summed E-state index contributed by atoms with van der Waals surface area (Å²) in [6.45, 7) is 9.29. The molecule has 18 heavy (non-hydrogen) atoms. The fraction of sp³-hybridized carbons (Fsp3) is 1.00. The van der Waals surface area contributed by atoms with Gasteiger partial charge in [-0.15, -0.1) is 0 Å². The van der Waals surface area contributed by atoms with E-state index in [1.165, 1.54) is 6.42 Å². The third-order valence-corrected chi connectivity index (χ3v) is 5.14. The molecule has 0 amide bonds. The Labute approximate surface area is 111 Å². The minimum atomic E-state index is -0.192. The van der Waals surface area contributed by atoms with Crippen LogP contribution in [-0.2, 0) is 0 Å². The molecular formula is C15H29NO2. The lowest BCUT2D eigenvalue weighted by Gasteiger charge is -2.44. The van der Waals surface area contributed by atoms with E-state index in [-0.39, 0.29) is 17.6 Å². The first-order valence-electron chi connectivity index (χ1n) is 7.48. The van der Waals surface area contributed by atoms with E-state index in [0.29, 0.717) is 11.8 Å². The number of likely N-dealkylation sites (tertiary alicyclic amines) is 1. The van der Waals surface area contributed by atoms with Crippen LogP contribution in [0.4, 0.5) is 0 Å². The van der Waals surface area contributed by atoms with Gasteiger partial charge in [-0.2, -0.15) is 0 Å². The average Bonchev–Trinajstić information content (AvgIpc) is 2.30. The van der Waals surface area contributed by atoms with Gasteiger partial charge >= 0.3 is 0 Å². The second-order valence-corrected chi connectivity index (χ2v) is 7.18. The van der Waals surface area contributed by atoms with Gasteiger partial charge in [0.1, 0.15) is 0 Å². The molecule has 2 N–H and O–H groups in total. The minimum Gasteiger partial charge on any atom is -0.392 e. The first kappa shape index (κ1) is 14.3. The van der Waals surface area contributed by atoms with Crippen molar-refractivity contribution in [1.82, 2.24) is 4.90 Å². The summed E-state index contributed by atoms with van der Waals surface area (Å²) in [6, 6.07) is 0. The van der Waals surface area contributed by atoms with Crippen LogP contribution in [0.2, 0.25) is 0 Å². The van der Waals surface area contributed by atoms with Crippen LogP contribution in [0.15, 0.2) is 0 Å². The summed E-state index contributed by atoms with van der Waals surface area (Å²) < 4.78 is 0. The monoisotopic (exact) mass is 255 g/mol. The highest BCUT2D eigenvalue weighted by Crippen LogP contribution is 2.39. The molecule has 0 aromatic heterocycles. The van der Waals surface area contributed by atoms with Gasteiger partial charge < -0.3 is 15.1 Å². The zero-order valence-corrected chi connectivity index (χ0v) is 12.1. The van der Waals surface area contributed by atoms with Crippen molar-refractivity contribution in [3.05, 3.63) is 0 Å². The quantitative estimate of drug-likeness (QED) is 0.792. The predicted molar refractivity (Wildman–Crippen MR) is 73.4 cm³/mol. The van der Waals surface area contributed by atoms with E-state index in [0.717, 1.165) is 38.9 Å². The predicted octanol–water partition coefficient (Wildman–Crippen LogP) is 1.88. The fourth-order valence-corrected chi connectivity index (χ4v) is 3.57. The van der Waals surface area contributed by atoms with E-state index in [1.54, 1.807) is 0 Å². The van der Waals surface area contributed by atoms with E-state index >= 15 is 0 Å². The van der Waals surface area contributed by atoms with Gasteiger partial charge in [0.25, 0.3) is 0 Å². The van der Waals surface area contributed by atoms with Crippen molar-refractivity contribution in [1.29, 1.82) is 0 Å². The van der Waals surface area contributed by atoms with Crippen molar-refractivity contribution in [3.8, 4) is 0 Å². The van der Waals surface area contributed by atoms with Crippen LogP contribution in [0.25, 0.3) is 0 Å². The second-order valence-electron chi connectivity index (χ2n) is 7.18. The highest BCUT2D eigenvalue weighted by Gasteiger charge is 2.38. The molecule has 0 radical (unpaired) electrons. The summed E-state index contributed by atoms with van der Waals surface area (Å²) in [4.78, 5) is 2.35. The third kappa shape index (κ3) is 3.06. The van der Waals surface area contributed by atoms with Crippen LogP contribution in [0.3, 0.4) is 0 Å². The zero-order valence-electron chi connectivity index (χ0n) is 12.1. The van der Waals surface area contributed by atoms with Crippen molar-refractivity contribution in [2.45, 2.75) is 58.7 Å². The number of hydrogen-bond acceptors (Lipinski definition) is 3. The smallest absolute Gasteiger partial charge is 0.0693 e. The molecule has 0 aromatic rings. The van der Waals surface area contributed by atoms with Crippen molar-refractivity contribution in [3.63, 3.8) is 0 Å². The van der Waals surface area contributed by atoms with Gasteiger partial charge in [0.2, 0.25) is 0 Å². The lowest BCUT2D eigenvalue weighted by molar-refractivity contribution is -0.0544.